The molecule has 2 atom stereocenters. The standard InChI is InChI=1S/C12H26O/c1-5-11(2)9-7-6-8-10-12(3)13-4/h11-12H,5-10H2,1-4H3. The van der Waals surface area contributed by atoms with Gasteiger partial charge in [-0.2, -0.15) is 0 Å². The summed E-state index contributed by atoms with van der Waals surface area (Å²) >= 11 is 0. The summed E-state index contributed by atoms with van der Waals surface area (Å²) < 4.78 is 5.20. The first-order chi connectivity index (χ1) is 6.20. The molecule has 0 bridgehead atoms. The van der Waals surface area contributed by atoms with E-state index in [-0.39, 0.29) is 0 Å². The zero-order valence-corrected chi connectivity index (χ0v) is 9.81. The Balaban J connectivity index is 3.08. The van der Waals surface area contributed by atoms with E-state index in [4.69, 9.17) is 4.74 Å². The average molecular weight is 186 g/mol. The van der Waals surface area contributed by atoms with Gasteiger partial charge in [0.05, 0.1) is 6.10 Å². The van der Waals surface area contributed by atoms with Crippen LogP contribution in [0.3, 0.4) is 0 Å². The Labute approximate surface area is 83.9 Å². The molecule has 0 aromatic rings. The summed E-state index contributed by atoms with van der Waals surface area (Å²) in [5.41, 5.74) is 0. The van der Waals surface area contributed by atoms with E-state index >= 15 is 0 Å². The second-order valence-corrected chi connectivity index (χ2v) is 4.20. The molecule has 1 heteroatoms. The number of unbranched alkanes of at least 4 members (excludes halogenated alkanes) is 2. The predicted octanol–water partition coefficient (Wildman–Crippen LogP) is 4.02. The van der Waals surface area contributed by atoms with Gasteiger partial charge in [0, 0.05) is 7.11 Å². The maximum Gasteiger partial charge on any atom is 0.0543 e. The molecule has 0 amide bonds. The van der Waals surface area contributed by atoms with E-state index in [0.717, 1.165) is 5.92 Å². The highest BCUT2D eigenvalue weighted by molar-refractivity contribution is 4.53. The lowest BCUT2D eigenvalue weighted by atomic mass is 10.00. The van der Waals surface area contributed by atoms with Crippen LogP contribution in [0.25, 0.3) is 0 Å². The Morgan fingerprint density at radius 3 is 2.15 bits per heavy atom. The minimum absolute atomic E-state index is 0.448. The van der Waals surface area contributed by atoms with Gasteiger partial charge in [0.2, 0.25) is 0 Å². The maximum absolute atomic E-state index is 5.20. The van der Waals surface area contributed by atoms with Crippen molar-refractivity contribution in [2.24, 2.45) is 5.92 Å². The fourth-order valence-corrected chi connectivity index (χ4v) is 1.42. The molecule has 0 aliphatic rings. The van der Waals surface area contributed by atoms with Crippen LogP contribution in [0.5, 0.6) is 0 Å². The molecule has 0 saturated heterocycles. The van der Waals surface area contributed by atoms with Crippen molar-refractivity contribution in [1.82, 2.24) is 0 Å². The summed E-state index contributed by atoms with van der Waals surface area (Å²) in [7, 11) is 1.80. The molecule has 0 fully saturated rings. The number of hydrogen-bond acceptors (Lipinski definition) is 1. The largest absolute Gasteiger partial charge is 0.382 e. The molecule has 0 aromatic heterocycles. The van der Waals surface area contributed by atoms with Gasteiger partial charge < -0.3 is 4.74 Å². The van der Waals surface area contributed by atoms with Gasteiger partial charge in [0.15, 0.2) is 0 Å². The van der Waals surface area contributed by atoms with Crippen molar-refractivity contribution in [3.63, 3.8) is 0 Å². The van der Waals surface area contributed by atoms with E-state index < -0.39 is 0 Å². The highest BCUT2D eigenvalue weighted by Gasteiger charge is 2.00. The van der Waals surface area contributed by atoms with Crippen LogP contribution in [0.15, 0.2) is 0 Å². The Morgan fingerprint density at radius 1 is 1.00 bits per heavy atom. The Hall–Kier alpha value is -0.0400. The lowest BCUT2D eigenvalue weighted by Crippen LogP contribution is -2.03. The normalized spacial score (nSPS) is 15.7. The van der Waals surface area contributed by atoms with Crippen molar-refractivity contribution in [3.05, 3.63) is 0 Å². The number of hydrogen-bond donors (Lipinski definition) is 0. The molecule has 2 unspecified atom stereocenters. The topological polar surface area (TPSA) is 9.23 Å². The molecule has 13 heavy (non-hydrogen) atoms. The van der Waals surface area contributed by atoms with Crippen molar-refractivity contribution in [1.29, 1.82) is 0 Å². The first kappa shape index (κ1) is 13.0. The van der Waals surface area contributed by atoms with E-state index in [1.54, 1.807) is 7.11 Å². The van der Waals surface area contributed by atoms with Crippen molar-refractivity contribution in [2.75, 3.05) is 7.11 Å². The Bertz CT molecular complexity index is 89.3. The second kappa shape index (κ2) is 8.55. The van der Waals surface area contributed by atoms with Gasteiger partial charge in [-0.3, -0.25) is 0 Å². The van der Waals surface area contributed by atoms with E-state index in [1.807, 2.05) is 0 Å². The molecule has 1 nitrogen and oxygen atoms in total. The van der Waals surface area contributed by atoms with Crippen LogP contribution >= 0.6 is 0 Å². The van der Waals surface area contributed by atoms with Crippen LogP contribution in [-0.2, 0) is 4.74 Å². The Kier molecular flexibility index (Phi) is 8.53. The number of ether oxygens (including phenoxy) is 1. The zero-order valence-electron chi connectivity index (χ0n) is 9.81. The van der Waals surface area contributed by atoms with Crippen LogP contribution in [0.4, 0.5) is 0 Å². The molecule has 0 aliphatic heterocycles. The summed E-state index contributed by atoms with van der Waals surface area (Å²) in [5, 5.41) is 0. The highest BCUT2D eigenvalue weighted by atomic mass is 16.5. The van der Waals surface area contributed by atoms with Crippen molar-refractivity contribution in [3.8, 4) is 0 Å². The minimum atomic E-state index is 0.448. The average Bonchev–Trinajstić information content (AvgIpc) is 2.16. The third kappa shape index (κ3) is 8.29. The molecule has 0 rings (SSSR count). The first-order valence-electron chi connectivity index (χ1n) is 5.73. The number of methoxy groups -OCH3 is 1. The lowest BCUT2D eigenvalue weighted by molar-refractivity contribution is 0.108. The first-order valence-corrected chi connectivity index (χ1v) is 5.73. The van der Waals surface area contributed by atoms with Crippen LogP contribution in [0, 0.1) is 5.92 Å². The molecule has 0 spiro atoms. The smallest absolute Gasteiger partial charge is 0.0543 e. The summed E-state index contributed by atoms with van der Waals surface area (Å²) in [4.78, 5) is 0. The molecular formula is C12H26O. The monoisotopic (exact) mass is 186 g/mol. The highest BCUT2D eigenvalue weighted by Crippen LogP contribution is 2.13. The quantitative estimate of drug-likeness (QED) is 0.520. The van der Waals surface area contributed by atoms with E-state index in [2.05, 4.69) is 20.8 Å². The van der Waals surface area contributed by atoms with Gasteiger partial charge in [-0.25, -0.2) is 0 Å². The van der Waals surface area contributed by atoms with Crippen molar-refractivity contribution < 1.29 is 4.74 Å². The summed E-state index contributed by atoms with van der Waals surface area (Å²) in [6.07, 6.45) is 8.49. The van der Waals surface area contributed by atoms with Gasteiger partial charge in [0.1, 0.15) is 0 Å². The summed E-state index contributed by atoms with van der Waals surface area (Å²) in [5.74, 6) is 0.917. The van der Waals surface area contributed by atoms with Crippen molar-refractivity contribution >= 4 is 0 Å². The molecule has 80 valence electrons. The maximum atomic E-state index is 5.20. The fraction of sp³-hybridized carbons (Fsp3) is 1.00. The second-order valence-electron chi connectivity index (χ2n) is 4.20. The van der Waals surface area contributed by atoms with Gasteiger partial charge in [-0.15, -0.1) is 0 Å². The van der Waals surface area contributed by atoms with Gasteiger partial charge in [0.25, 0.3) is 0 Å². The molecule has 0 heterocycles. The summed E-state index contributed by atoms with van der Waals surface area (Å²) in [6.45, 7) is 6.77. The third-order valence-corrected chi connectivity index (χ3v) is 2.91. The molecule has 0 aromatic carbocycles. The minimum Gasteiger partial charge on any atom is -0.382 e. The van der Waals surface area contributed by atoms with Crippen LogP contribution < -0.4 is 0 Å². The van der Waals surface area contributed by atoms with Gasteiger partial charge >= 0.3 is 0 Å². The molecule has 0 N–H and O–H groups in total. The molecule has 0 aliphatic carbocycles. The van der Waals surface area contributed by atoms with Gasteiger partial charge in [-0.05, 0) is 19.3 Å². The SMILES string of the molecule is CCC(C)CCCCCC(C)OC. The molecular weight excluding hydrogens is 160 g/mol. The summed E-state index contributed by atoms with van der Waals surface area (Å²) in [6, 6.07) is 0. The fourth-order valence-electron chi connectivity index (χ4n) is 1.42. The van der Waals surface area contributed by atoms with Crippen LogP contribution in [0.2, 0.25) is 0 Å². The lowest BCUT2D eigenvalue weighted by Gasteiger charge is -2.10. The van der Waals surface area contributed by atoms with E-state index in [9.17, 15) is 0 Å². The van der Waals surface area contributed by atoms with E-state index in [0.29, 0.717) is 6.10 Å². The zero-order chi connectivity index (χ0) is 10.1. The van der Waals surface area contributed by atoms with Crippen LogP contribution in [-0.4, -0.2) is 13.2 Å². The van der Waals surface area contributed by atoms with Gasteiger partial charge in [-0.1, -0.05) is 46.0 Å². The molecule has 0 saturated carbocycles. The van der Waals surface area contributed by atoms with Crippen LogP contribution in [0.1, 0.15) is 59.3 Å². The van der Waals surface area contributed by atoms with Crippen molar-refractivity contribution in [2.45, 2.75) is 65.4 Å². The van der Waals surface area contributed by atoms with E-state index in [1.165, 1.54) is 38.5 Å². The Morgan fingerprint density at radius 2 is 1.62 bits per heavy atom. The number of rotatable bonds is 8. The molecule has 0 radical (unpaired) electrons. The third-order valence-electron chi connectivity index (χ3n) is 2.91. The predicted molar refractivity (Wildman–Crippen MR) is 59.0 cm³/mol.